The van der Waals surface area contributed by atoms with Crippen molar-refractivity contribution in [2.24, 2.45) is 0 Å². The van der Waals surface area contributed by atoms with Gasteiger partial charge in [0.25, 0.3) is 0 Å². The van der Waals surface area contributed by atoms with Gasteiger partial charge in [0.05, 0.1) is 25.3 Å². The van der Waals surface area contributed by atoms with E-state index in [4.69, 9.17) is 4.74 Å². The highest BCUT2D eigenvalue weighted by molar-refractivity contribution is 7.99. The molecule has 2 aromatic rings. The van der Waals surface area contributed by atoms with Crippen molar-refractivity contribution >= 4 is 35.2 Å². The lowest BCUT2D eigenvalue weighted by Crippen LogP contribution is -2.37. The van der Waals surface area contributed by atoms with Crippen LogP contribution in [0.25, 0.3) is 0 Å². The Morgan fingerprint density at radius 3 is 2.60 bits per heavy atom. The van der Waals surface area contributed by atoms with Gasteiger partial charge in [0, 0.05) is 30.0 Å². The zero-order valence-corrected chi connectivity index (χ0v) is 17.4. The third-order valence-corrected chi connectivity index (χ3v) is 5.84. The fourth-order valence-corrected chi connectivity index (χ4v) is 4.24. The molecule has 0 radical (unpaired) electrons. The summed E-state index contributed by atoms with van der Waals surface area (Å²) in [6.45, 7) is 0.600. The number of esters is 1. The van der Waals surface area contributed by atoms with Crippen LogP contribution >= 0.6 is 11.8 Å². The van der Waals surface area contributed by atoms with Gasteiger partial charge in [-0.05, 0) is 29.8 Å². The van der Waals surface area contributed by atoms with Gasteiger partial charge in [0.15, 0.2) is 0 Å². The summed E-state index contributed by atoms with van der Waals surface area (Å²) in [5.41, 5.74) is 1.46. The standard InChI is InChI=1S/C22H23FN2O4S/c1-29-22(28)14-17(15-6-8-16(23)9-7-15)24-20(26)10-11-21(27)25-12-13-30-19-5-3-2-4-18(19)25/h2-9,17H,10-14H2,1H3,(H,24,26). The van der Waals surface area contributed by atoms with Crippen molar-refractivity contribution in [1.82, 2.24) is 5.32 Å². The first-order chi connectivity index (χ1) is 14.5. The summed E-state index contributed by atoms with van der Waals surface area (Å²) < 4.78 is 17.9. The molecule has 8 heteroatoms. The second kappa shape index (κ2) is 10.2. The SMILES string of the molecule is COC(=O)CC(NC(=O)CCC(=O)N1CCSc2ccccc21)c1ccc(F)cc1. The molecule has 30 heavy (non-hydrogen) atoms. The third kappa shape index (κ3) is 5.60. The van der Waals surface area contributed by atoms with Crippen LogP contribution in [0.5, 0.6) is 0 Å². The number of carbonyl (C=O) groups is 3. The second-order valence-corrected chi connectivity index (χ2v) is 7.95. The van der Waals surface area contributed by atoms with Crippen molar-refractivity contribution in [1.29, 1.82) is 0 Å². The molecule has 0 saturated heterocycles. The summed E-state index contributed by atoms with van der Waals surface area (Å²) in [7, 11) is 1.26. The Kier molecular flexibility index (Phi) is 7.46. The second-order valence-electron chi connectivity index (χ2n) is 6.81. The molecule has 0 saturated carbocycles. The molecule has 2 aromatic carbocycles. The normalized spacial score (nSPS) is 13.9. The molecule has 3 rings (SSSR count). The molecule has 1 aliphatic heterocycles. The molecule has 1 atom stereocenters. The highest BCUT2D eigenvalue weighted by Crippen LogP contribution is 2.34. The van der Waals surface area contributed by atoms with Gasteiger partial charge >= 0.3 is 5.97 Å². The minimum atomic E-state index is -0.659. The molecule has 1 aliphatic rings. The van der Waals surface area contributed by atoms with Gasteiger partial charge in [-0.2, -0.15) is 0 Å². The van der Waals surface area contributed by atoms with Gasteiger partial charge in [0.2, 0.25) is 11.8 Å². The number of nitrogens with one attached hydrogen (secondary N) is 1. The number of hydrogen-bond donors (Lipinski definition) is 1. The van der Waals surface area contributed by atoms with Gasteiger partial charge in [-0.3, -0.25) is 14.4 Å². The quantitative estimate of drug-likeness (QED) is 0.681. The molecule has 1 N–H and O–H groups in total. The van der Waals surface area contributed by atoms with Gasteiger partial charge in [-0.1, -0.05) is 24.3 Å². The van der Waals surface area contributed by atoms with Crippen molar-refractivity contribution in [3.63, 3.8) is 0 Å². The van der Waals surface area contributed by atoms with E-state index in [1.54, 1.807) is 16.7 Å². The van der Waals surface area contributed by atoms with Crippen LogP contribution in [0.1, 0.15) is 30.9 Å². The number of para-hydroxylation sites is 1. The maximum absolute atomic E-state index is 13.2. The maximum Gasteiger partial charge on any atom is 0.307 e. The number of nitrogens with zero attached hydrogens (tertiary/aromatic N) is 1. The zero-order valence-electron chi connectivity index (χ0n) is 16.6. The average Bonchev–Trinajstić information content (AvgIpc) is 2.77. The predicted octanol–water partition coefficient (Wildman–Crippen LogP) is 3.47. The molecular weight excluding hydrogens is 407 g/mol. The molecule has 0 aromatic heterocycles. The van der Waals surface area contributed by atoms with Crippen molar-refractivity contribution in [2.45, 2.75) is 30.2 Å². The number of anilines is 1. The molecular formula is C22H23FN2O4S. The van der Waals surface area contributed by atoms with Gasteiger partial charge in [0.1, 0.15) is 5.82 Å². The monoisotopic (exact) mass is 430 g/mol. The number of rotatable bonds is 7. The Morgan fingerprint density at radius 1 is 1.13 bits per heavy atom. The first-order valence-electron chi connectivity index (χ1n) is 9.61. The molecule has 0 fully saturated rings. The fourth-order valence-electron chi connectivity index (χ4n) is 3.25. The Labute approximate surface area is 178 Å². The Bertz CT molecular complexity index is 920. The van der Waals surface area contributed by atoms with Crippen LogP contribution < -0.4 is 10.2 Å². The lowest BCUT2D eigenvalue weighted by Gasteiger charge is -2.29. The smallest absolute Gasteiger partial charge is 0.307 e. The van der Waals surface area contributed by atoms with E-state index < -0.39 is 17.8 Å². The van der Waals surface area contributed by atoms with Crippen LogP contribution in [0, 0.1) is 5.82 Å². The molecule has 6 nitrogen and oxygen atoms in total. The number of benzene rings is 2. The van der Waals surface area contributed by atoms with Gasteiger partial charge in [-0.15, -0.1) is 11.8 Å². The number of ether oxygens (including phenoxy) is 1. The molecule has 2 amide bonds. The molecule has 1 heterocycles. The minimum Gasteiger partial charge on any atom is -0.469 e. The summed E-state index contributed by atoms with van der Waals surface area (Å²) in [6, 6.07) is 12.6. The van der Waals surface area contributed by atoms with E-state index in [1.807, 2.05) is 24.3 Å². The van der Waals surface area contributed by atoms with E-state index in [-0.39, 0.29) is 31.1 Å². The first kappa shape index (κ1) is 21.8. The topological polar surface area (TPSA) is 75.7 Å². The minimum absolute atomic E-state index is 0.0104. The largest absolute Gasteiger partial charge is 0.469 e. The van der Waals surface area contributed by atoms with E-state index in [9.17, 15) is 18.8 Å². The first-order valence-corrected chi connectivity index (χ1v) is 10.6. The Balaban J connectivity index is 1.61. The molecule has 0 aliphatic carbocycles. The lowest BCUT2D eigenvalue weighted by atomic mass is 10.0. The number of carbonyl (C=O) groups excluding carboxylic acids is 3. The van der Waals surface area contributed by atoms with E-state index in [0.717, 1.165) is 16.3 Å². The number of amides is 2. The number of fused-ring (bicyclic) bond motifs is 1. The van der Waals surface area contributed by atoms with E-state index in [0.29, 0.717) is 12.1 Å². The van der Waals surface area contributed by atoms with Crippen LogP contribution in [0.15, 0.2) is 53.4 Å². The van der Waals surface area contributed by atoms with Crippen LogP contribution in [-0.2, 0) is 19.1 Å². The van der Waals surface area contributed by atoms with E-state index >= 15 is 0 Å². The van der Waals surface area contributed by atoms with Crippen LogP contribution in [0.3, 0.4) is 0 Å². The number of hydrogen-bond acceptors (Lipinski definition) is 5. The summed E-state index contributed by atoms with van der Waals surface area (Å²) in [4.78, 5) is 39.7. The molecule has 158 valence electrons. The van der Waals surface area contributed by atoms with Crippen LogP contribution in [0.4, 0.5) is 10.1 Å². The predicted molar refractivity (Wildman–Crippen MR) is 113 cm³/mol. The van der Waals surface area contributed by atoms with Crippen molar-refractivity contribution < 1.29 is 23.5 Å². The number of thioether (sulfide) groups is 1. The summed E-state index contributed by atoms with van der Waals surface area (Å²) in [6.07, 6.45) is -0.0404. The summed E-state index contributed by atoms with van der Waals surface area (Å²) in [5.74, 6) is -0.582. The maximum atomic E-state index is 13.2. The van der Waals surface area contributed by atoms with E-state index in [2.05, 4.69) is 5.32 Å². The highest BCUT2D eigenvalue weighted by Gasteiger charge is 2.24. The lowest BCUT2D eigenvalue weighted by molar-refractivity contribution is -0.141. The third-order valence-electron chi connectivity index (χ3n) is 4.80. The molecule has 1 unspecified atom stereocenters. The summed E-state index contributed by atoms with van der Waals surface area (Å²) in [5, 5.41) is 2.76. The van der Waals surface area contributed by atoms with Gasteiger partial charge < -0.3 is 15.0 Å². The number of halogens is 1. The van der Waals surface area contributed by atoms with Crippen molar-refractivity contribution in [2.75, 3.05) is 24.3 Å². The Hall–Kier alpha value is -2.87. The van der Waals surface area contributed by atoms with E-state index in [1.165, 1.54) is 31.4 Å². The van der Waals surface area contributed by atoms with Crippen molar-refractivity contribution in [3.8, 4) is 0 Å². The summed E-state index contributed by atoms with van der Waals surface area (Å²) >= 11 is 1.71. The Morgan fingerprint density at radius 2 is 1.87 bits per heavy atom. The number of methoxy groups -OCH3 is 1. The van der Waals surface area contributed by atoms with Gasteiger partial charge in [-0.25, -0.2) is 4.39 Å². The highest BCUT2D eigenvalue weighted by atomic mass is 32.2. The fraction of sp³-hybridized carbons (Fsp3) is 0.318. The van der Waals surface area contributed by atoms with Crippen LogP contribution in [0.2, 0.25) is 0 Å². The molecule has 0 spiro atoms. The average molecular weight is 431 g/mol. The zero-order chi connectivity index (χ0) is 21.5. The van der Waals surface area contributed by atoms with Crippen molar-refractivity contribution in [3.05, 3.63) is 59.9 Å². The van der Waals surface area contributed by atoms with Crippen LogP contribution in [-0.4, -0.2) is 37.2 Å². The molecule has 0 bridgehead atoms.